The minimum absolute atomic E-state index is 0.0210. The van der Waals surface area contributed by atoms with Gasteiger partial charge in [0.1, 0.15) is 17.4 Å². The summed E-state index contributed by atoms with van der Waals surface area (Å²) in [6.07, 6.45) is 1.56. The van der Waals surface area contributed by atoms with Gasteiger partial charge >= 0.3 is 6.61 Å². The van der Waals surface area contributed by atoms with Crippen molar-refractivity contribution in [1.82, 2.24) is 9.88 Å². The van der Waals surface area contributed by atoms with Crippen LogP contribution in [0.3, 0.4) is 0 Å². The van der Waals surface area contributed by atoms with E-state index in [0.717, 1.165) is 17.0 Å². The Hall–Kier alpha value is -3.18. The summed E-state index contributed by atoms with van der Waals surface area (Å²) in [6.45, 7) is 3.73. The molecule has 30 heavy (non-hydrogen) atoms. The minimum Gasteiger partial charge on any atom is -0.435 e. The fourth-order valence-corrected chi connectivity index (χ4v) is 3.31. The first-order valence-electron chi connectivity index (χ1n) is 9.38. The van der Waals surface area contributed by atoms with E-state index in [1.807, 2.05) is 32.9 Å². The van der Waals surface area contributed by atoms with E-state index in [9.17, 15) is 18.8 Å². The smallest absolute Gasteiger partial charge is 0.387 e. The molecule has 0 spiro atoms. The summed E-state index contributed by atoms with van der Waals surface area (Å²) >= 11 is 0. The fraction of sp³-hybridized carbons (Fsp3) is 0.364. The highest BCUT2D eigenvalue weighted by Gasteiger charge is 2.16. The van der Waals surface area contributed by atoms with Crippen LogP contribution in [0, 0.1) is 25.2 Å². The topological polar surface area (TPSA) is 76.3 Å². The van der Waals surface area contributed by atoms with E-state index in [2.05, 4.69) is 14.6 Å². The maximum Gasteiger partial charge on any atom is 0.387 e. The molecule has 1 aromatic carbocycles. The Kier molecular flexibility index (Phi) is 8.13. The summed E-state index contributed by atoms with van der Waals surface area (Å²) in [5, 5.41) is 12.1. The highest BCUT2D eigenvalue weighted by atomic mass is 19.3. The summed E-state index contributed by atoms with van der Waals surface area (Å²) in [6, 6.07) is 9.91. The summed E-state index contributed by atoms with van der Waals surface area (Å²) in [4.78, 5) is 12.5. The van der Waals surface area contributed by atoms with E-state index in [1.165, 1.54) is 12.1 Å². The predicted molar refractivity (Wildman–Crippen MR) is 109 cm³/mol. The number of halogens is 2. The number of nitrogens with one attached hydrogen (secondary N) is 1. The Balaban J connectivity index is 2.10. The lowest BCUT2D eigenvalue weighted by molar-refractivity contribution is -0.117. The van der Waals surface area contributed by atoms with Crippen LogP contribution in [-0.4, -0.2) is 30.8 Å². The van der Waals surface area contributed by atoms with Crippen LogP contribution in [0.15, 0.2) is 35.9 Å². The number of benzene rings is 1. The first-order chi connectivity index (χ1) is 14.3. The molecule has 2 rings (SSSR count). The number of carbonyl (C=O) groups is 1. The molecule has 0 aliphatic heterocycles. The van der Waals surface area contributed by atoms with Crippen molar-refractivity contribution in [2.24, 2.45) is 0 Å². The van der Waals surface area contributed by atoms with Gasteiger partial charge < -0.3 is 19.4 Å². The summed E-state index contributed by atoms with van der Waals surface area (Å²) < 4.78 is 36.0. The lowest BCUT2D eigenvalue weighted by atomic mass is 10.1. The number of alkyl halides is 2. The largest absolute Gasteiger partial charge is 0.435 e. The van der Waals surface area contributed by atoms with Crippen molar-refractivity contribution >= 4 is 12.0 Å². The van der Waals surface area contributed by atoms with Gasteiger partial charge in [-0.1, -0.05) is 12.1 Å². The van der Waals surface area contributed by atoms with Gasteiger partial charge in [-0.3, -0.25) is 4.79 Å². The second kappa shape index (κ2) is 10.6. The Morgan fingerprint density at radius 2 is 1.97 bits per heavy atom. The quantitative estimate of drug-likeness (QED) is 0.492. The molecular weight excluding hydrogens is 392 g/mol. The van der Waals surface area contributed by atoms with Crippen molar-refractivity contribution in [1.29, 1.82) is 5.26 Å². The molecule has 1 unspecified atom stereocenters. The number of ether oxygens (including phenoxy) is 2. The molecule has 0 bridgehead atoms. The van der Waals surface area contributed by atoms with Crippen LogP contribution in [-0.2, 0) is 16.1 Å². The normalized spacial score (nSPS) is 12.5. The number of aromatic nitrogens is 1. The molecule has 0 aliphatic carbocycles. The molecule has 0 radical (unpaired) electrons. The molecule has 160 valence electrons. The molecule has 0 saturated heterocycles. The number of rotatable bonds is 9. The van der Waals surface area contributed by atoms with E-state index in [1.54, 1.807) is 25.3 Å². The van der Waals surface area contributed by atoms with Crippen LogP contribution in [0.5, 0.6) is 5.75 Å². The van der Waals surface area contributed by atoms with Crippen LogP contribution < -0.4 is 10.1 Å². The van der Waals surface area contributed by atoms with Crippen molar-refractivity contribution in [2.75, 3.05) is 13.7 Å². The average Bonchev–Trinajstić information content (AvgIpc) is 2.98. The van der Waals surface area contributed by atoms with Crippen LogP contribution in [0.1, 0.15) is 35.5 Å². The standard InChI is InChI=1S/C22H25F2N3O3/c1-14-9-18(16(3)27(14)15(2)13-29-4)10-19(11-25)21(28)26-12-17-5-7-20(8-6-17)30-22(23)24/h5-10,15,22H,12-13H2,1-4H3,(H,26,28)/b19-10+. The maximum absolute atomic E-state index is 12.5. The summed E-state index contributed by atoms with van der Waals surface area (Å²) in [5.41, 5.74) is 3.40. The Morgan fingerprint density at radius 3 is 2.53 bits per heavy atom. The molecule has 1 N–H and O–H groups in total. The van der Waals surface area contributed by atoms with E-state index >= 15 is 0 Å². The monoisotopic (exact) mass is 417 g/mol. The second-order valence-corrected chi connectivity index (χ2v) is 6.88. The van der Waals surface area contributed by atoms with Gasteiger partial charge in [0.2, 0.25) is 0 Å². The van der Waals surface area contributed by atoms with E-state index in [4.69, 9.17) is 4.74 Å². The number of nitriles is 1. The van der Waals surface area contributed by atoms with Crippen LogP contribution >= 0.6 is 0 Å². The molecule has 6 nitrogen and oxygen atoms in total. The van der Waals surface area contributed by atoms with Gasteiger partial charge in [-0.2, -0.15) is 14.0 Å². The third-order valence-electron chi connectivity index (χ3n) is 4.64. The van der Waals surface area contributed by atoms with E-state index < -0.39 is 12.5 Å². The predicted octanol–water partition coefficient (Wildman–Crippen LogP) is 4.14. The van der Waals surface area contributed by atoms with Gasteiger partial charge in [-0.25, -0.2) is 0 Å². The Labute approximate surface area is 174 Å². The molecular formula is C22H25F2N3O3. The zero-order chi connectivity index (χ0) is 22.3. The van der Waals surface area contributed by atoms with Crippen LogP contribution in [0.2, 0.25) is 0 Å². The molecule has 8 heteroatoms. The highest BCUT2D eigenvalue weighted by molar-refractivity contribution is 6.01. The van der Waals surface area contributed by atoms with Gasteiger partial charge in [0.05, 0.1) is 12.6 Å². The molecule has 1 atom stereocenters. The lowest BCUT2D eigenvalue weighted by Gasteiger charge is -2.17. The highest BCUT2D eigenvalue weighted by Crippen LogP contribution is 2.23. The van der Waals surface area contributed by atoms with E-state index in [0.29, 0.717) is 12.2 Å². The van der Waals surface area contributed by atoms with E-state index in [-0.39, 0.29) is 23.9 Å². The van der Waals surface area contributed by atoms with Crippen molar-refractivity contribution in [2.45, 2.75) is 40.0 Å². The second-order valence-electron chi connectivity index (χ2n) is 6.88. The molecule has 0 fully saturated rings. The van der Waals surface area contributed by atoms with Crippen molar-refractivity contribution in [3.05, 3.63) is 58.4 Å². The zero-order valence-electron chi connectivity index (χ0n) is 17.4. The molecule has 1 heterocycles. The molecule has 1 amide bonds. The molecule has 2 aromatic rings. The third kappa shape index (κ3) is 5.91. The molecule has 0 saturated carbocycles. The average molecular weight is 417 g/mol. The van der Waals surface area contributed by atoms with Crippen LogP contribution in [0.4, 0.5) is 8.78 Å². The number of methoxy groups -OCH3 is 1. The van der Waals surface area contributed by atoms with Crippen molar-refractivity contribution < 1.29 is 23.0 Å². The van der Waals surface area contributed by atoms with Crippen molar-refractivity contribution in [3.8, 4) is 11.8 Å². The van der Waals surface area contributed by atoms with Gasteiger partial charge in [0, 0.05) is 25.0 Å². The van der Waals surface area contributed by atoms with Gasteiger partial charge in [-0.15, -0.1) is 0 Å². The fourth-order valence-electron chi connectivity index (χ4n) is 3.31. The Bertz CT molecular complexity index is 944. The number of amides is 1. The van der Waals surface area contributed by atoms with Gasteiger partial charge in [-0.05, 0) is 56.2 Å². The first-order valence-corrected chi connectivity index (χ1v) is 9.38. The number of aryl methyl sites for hydroxylation is 1. The minimum atomic E-state index is -2.89. The lowest BCUT2D eigenvalue weighted by Crippen LogP contribution is -2.24. The number of hydrogen-bond acceptors (Lipinski definition) is 4. The number of nitrogens with zero attached hydrogens (tertiary/aromatic N) is 2. The van der Waals surface area contributed by atoms with Crippen LogP contribution in [0.25, 0.3) is 6.08 Å². The molecule has 1 aromatic heterocycles. The third-order valence-corrected chi connectivity index (χ3v) is 4.64. The Morgan fingerprint density at radius 1 is 1.30 bits per heavy atom. The maximum atomic E-state index is 12.5. The first kappa shape index (κ1) is 23.1. The van der Waals surface area contributed by atoms with Gasteiger partial charge in [0.25, 0.3) is 5.91 Å². The van der Waals surface area contributed by atoms with Crippen molar-refractivity contribution in [3.63, 3.8) is 0 Å². The molecule has 0 aliphatic rings. The SMILES string of the molecule is COCC(C)n1c(C)cc(/C=C(\C#N)C(=O)NCc2ccc(OC(F)F)cc2)c1C. The summed E-state index contributed by atoms with van der Waals surface area (Å²) in [7, 11) is 1.64. The zero-order valence-corrected chi connectivity index (χ0v) is 17.4. The summed E-state index contributed by atoms with van der Waals surface area (Å²) in [5.74, 6) is -0.476. The number of hydrogen-bond donors (Lipinski definition) is 1. The number of carbonyl (C=O) groups excluding carboxylic acids is 1. The van der Waals surface area contributed by atoms with Gasteiger partial charge in [0.15, 0.2) is 0 Å².